The summed E-state index contributed by atoms with van der Waals surface area (Å²) in [7, 11) is 0. The van der Waals surface area contributed by atoms with E-state index in [4.69, 9.17) is 11.6 Å². The zero-order chi connectivity index (χ0) is 13.8. The first-order valence-electron chi connectivity index (χ1n) is 5.59. The van der Waals surface area contributed by atoms with Gasteiger partial charge in [0.1, 0.15) is 5.82 Å². The molecule has 2 rings (SSSR count). The monoisotopic (exact) mass is 404 g/mol. The lowest BCUT2D eigenvalue weighted by molar-refractivity contribution is 1.08. The molecule has 0 unspecified atom stereocenters. The van der Waals surface area contributed by atoms with E-state index in [9.17, 15) is 0 Å². The Hall–Kier alpha value is -0.850. The van der Waals surface area contributed by atoms with Crippen molar-refractivity contribution in [1.29, 1.82) is 0 Å². The van der Waals surface area contributed by atoms with Gasteiger partial charge in [0.2, 0.25) is 5.95 Å². The maximum atomic E-state index is 6.06. The van der Waals surface area contributed by atoms with Gasteiger partial charge in [-0.25, -0.2) is 4.98 Å². The molecule has 0 radical (unpaired) electrons. The summed E-state index contributed by atoms with van der Waals surface area (Å²) >= 11 is 12.9. The van der Waals surface area contributed by atoms with Gasteiger partial charge in [-0.15, -0.1) is 0 Å². The molecule has 0 spiro atoms. The molecule has 0 bridgehead atoms. The molecule has 19 heavy (non-hydrogen) atoms. The molecule has 0 saturated carbocycles. The topological polar surface area (TPSA) is 49.8 Å². The zero-order valence-corrected chi connectivity index (χ0v) is 14.0. The average Bonchev–Trinajstić information content (AvgIpc) is 2.39. The second kappa shape index (κ2) is 6.54. The quantitative estimate of drug-likeness (QED) is 0.764. The van der Waals surface area contributed by atoms with Gasteiger partial charge < -0.3 is 10.6 Å². The molecule has 0 aliphatic rings. The highest BCUT2D eigenvalue weighted by Gasteiger charge is 2.08. The maximum absolute atomic E-state index is 6.06. The minimum absolute atomic E-state index is 0.575. The Morgan fingerprint density at radius 2 is 2.11 bits per heavy atom. The SMILES string of the molecule is CCNc1ncc(Br)c(Nc2cccc(Cl)c2Br)n1. The summed E-state index contributed by atoms with van der Waals surface area (Å²) in [6, 6.07) is 5.60. The van der Waals surface area contributed by atoms with Crippen molar-refractivity contribution in [3.05, 3.63) is 38.4 Å². The fourth-order valence-electron chi connectivity index (χ4n) is 1.43. The van der Waals surface area contributed by atoms with Crippen molar-refractivity contribution in [2.45, 2.75) is 6.92 Å². The Morgan fingerprint density at radius 3 is 2.84 bits per heavy atom. The number of hydrogen-bond donors (Lipinski definition) is 2. The van der Waals surface area contributed by atoms with Crippen LogP contribution >= 0.6 is 43.5 Å². The molecule has 1 aromatic carbocycles. The Kier molecular flexibility index (Phi) is 5.01. The van der Waals surface area contributed by atoms with E-state index in [1.54, 1.807) is 6.20 Å². The Morgan fingerprint density at radius 1 is 1.32 bits per heavy atom. The molecule has 2 aromatic rings. The van der Waals surface area contributed by atoms with Crippen molar-refractivity contribution >= 4 is 60.9 Å². The van der Waals surface area contributed by atoms with Gasteiger partial charge >= 0.3 is 0 Å². The van der Waals surface area contributed by atoms with Crippen LogP contribution in [-0.2, 0) is 0 Å². The second-order valence-electron chi connectivity index (χ2n) is 3.65. The molecule has 0 fully saturated rings. The third kappa shape index (κ3) is 3.58. The van der Waals surface area contributed by atoms with E-state index in [2.05, 4.69) is 52.5 Å². The summed E-state index contributed by atoms with van der Waals surface area (Å²) in [6.07, 6.45) is 1.70. The van der Waals surface area contributed by atoms with Crippen molar-refractivity contribution in [3.63, 3.8) is 0 Å². The highest BCUT2D eigenvalue weighted by atomic mass is 79.9. The molecule has 4 nitrogen and oxygen atoms in total. The fourth-order valence-corrected chi connectivity index (χ4v) is 2.25. The molecule has 0 saturated heterocycles. The van der Waals surface area contributed by atoms with Crippen LogP contribution in [0.1, 0.15) is 6.92 Å². The summed E-state index contributed by atoms with van der Waals surface area (Å²) in [5.74, 6) is 1.25. The van der Waals surface area contributed by atoms with Crippen molar-refractivity contribution in [2.24, 2.45) is 0 Å². The van der Waals surface area contributed by atoms with Crippen LogP contribution in [0, 0.1) is 0 Å². The first-order valence-corrected chi connectivity index (χ1v) is 7.55. The predicted octanol–water partition coefficient (Wildman–Crippen LogP) is 4.83. The Labute approximate surface area is 133 Å². The van der Waals surface area contributed by atoms with Gasteiger partial charge in [0.15, 0.2) is 0 Å². The highest BCUT2D eigenvalue weighted by Crippen LogP contribution is 2.33. The third-order valence-electron chi connectivity index (χ3n) is 2.28. The van der Waals surface area contributed by atoms with Crippen LogP contribution < -0.4 is 10.6 Å². The highest BCUT2D eigenvalue weighted by molar-refractivity contribution is 9.11. The van der Waals surface area contributed by atoms with Crippen molar-refractivity contribution in [2.75, 3.05) is 17.2 Å². The lowest BCUT2D eigenvalue weighted by Crippen LogP contribution is -2.04. The van der Waals surface area contributed by atoms with E-state index < -0.39 is 0 Å². The Balaban J connectivity index is 2.32. The maximum Gasteiger partial charge on any atom is 0.224 e. The number of hydrogen-bond acceptors (Lipinski definition) is 4. The van der Waals surface area contributed by atoms with Crippen molar-refractivity contribution in [1.82, 2.24) is 9.97 Å². The van der Waals surface area contributed by atoms with Gasteiger partial charge in [-0.05, 0) is 50.9 Å². The van der Waals surface area contributed by atoms with Crippen LogP contribution in [0.4, 0.5) is 17.5 Å². The van der Waals surface area contributed by atoms with Gasteiger partial charge in [0.25, 0.3) is 0 Å². The summed E-state index contributed by atoms with van der Waals surface area (Å²) in [4.78, 5) is 8.55. The standard InChI is InChI=1S/C12H11Br2ClN4/c1-2-16-12-17-6-7(13)11(19-12)18-9-5-3-4-8(15)10(9)14/h3-6H,2H2,1H3,(H2,16,17,18,19). The molecular weight excluding hydrogens is 395 g/mol. The molecule has 0 aliphatic heterocycles. The first-order chi connectivity index (χ1) is 9.11. The van der Waals surface area contributed by atoms with Crippen LogP contribution in [0.3, 0.4) is 0 Å². The predicted molar refractivity (Wildman–Crippen MR) is 86.3 cm³/mol. The van der Waals surface area contributed by atoms with E-state index in [1.165, 1.54) is 0 Å². The number of benzene rings is 1. The largest absolute Gasteiger partial charge is 0.354 e. The van der Waals surface area contributed by atoms with E-state index in [0.29, 0.717) is 16.8 Å². The number of rotatable bonds is 4. The molecule has 0 aliphatic carbocycles. The van der Waals surface area contributed by atoms with E-state index in [0.717, 1.165) is 21.2 Å². The molecule has 1 aromatic heterocycles. The minimum Gasteiger partial charge on any atom is -0.354 e. The van der Waals surface area contributed by atoms with Crippen LogP contribution in [0.5, 0.6) is 0 Å². The number of nitrogens with zero attached hydrogens (tertiary/aromatic N) is 2. The molecule has 1 heterocycles. The minimum atomic E-state index is 0.575. The van der Waals surface area contributed by atoms with E-state index >= 15 is 0 Å². The Bertz CT molecular complexity index is 592. The van der Waals surface area contributed by atoms with E-state index in [-0.39, 0.29) is 0 Å². The molecule has 7 heteroatoms. The van der Waals surface area contributed by atoms with Gasteiger partial charge in [-0.1, -0.05) is 17.7 Å². The molecule has 0 amide bonds. The zero-order valence-electron chi connectivity index (χ0n) is 10.0. The molecule has 0 atom stereocenters. The van der Waals surface area contributed by atoms with Crippen LogP contribution in [0.15, 0.2) is 33.3 Å². The molecular formula is C12H11Br2ClN4. The lowest BCUT2D eigenvalue weighted by atomic mass is 10.3. The van der Waals surface area contributed by atoms with Crippen molar-refractivity contribution < 1.29 is 0 Å². The third-order valence-corrected chi connectivity index (χ3v) is 4.26. The van der Waals surface area contributed by atoms with Gasteiger partial charge in [0, 0.05) is 12.7 Å². The summed E-state index contributed by atoms with van der Waals surface area (Å²) in [5, 5.41) is 6.92. The normalized spacial score (nSPS) is 10.3. The molecule has 2 N–H and O–H groups in total. The van der Waals surface area contributed by atoms with Gasteiger partial charge in [-0.3, -0.25) is 0 Å². The number of nitrogens with one attached hydrogen (secondary N) is 2. The van der Waals surface area contributed by atoms with Crippen LogP contribution in [0.2, 0.25) is 5.02 Å². The average molecular weight is 407 g/mol. The first kappa shape index (κ1) is 14.6. The summed E-state index contributed by atoms with van der Waals surface area (Å²) in [5.41, 5.74) is 0.842. The fraction of sp³-hybridized carbons (Fsp3) is 0.167. The lowest BCUT2D eigenvalue weighted by Gasteiger charge is -2.11. The number of halogens is 3. The summed E-state index contributed by atoms with van der Waals surface area (Å²) < 4.78 is 1.58. The van der Waals surface area contributed by atoms with E-state index in [1.807, 2.05) is 25.1 Å². The summed E-state index contributed by atoms with van der Waals surface area (Å²) in [6.45, 7) is 2.76. The second-order valence-corrected chi connectivity index (χ2v) is 5.70. The van der Waals surface area contributed by atoms with Gasteiger partial charge in [0.05, 0.1) is 19.7 Å². The van der Waals surface area contributed by atoms with Crippen molar-refractivity contribution in [3.8, 4) is 0 Å². The number of anilines is 3. The molecule has 100 valence electrons. The van der Waals surface area contributed by atoms with Crippen LogP contribution in [-0.4, -0.2) is 16.5 Å². The number of aromatic nitrogens is 2. The smallest absolute Gasteiger partial charge is 0.224 e. The van der Waals surface area contributed by atoms with Crippen LogP contribution in [0.25, 0.3) is 0 Å². The van der Waals surface area contributed by atoms with Gasteiger partial charge in [-0.2, -0.15) is 4.98 Å².